The van der Waals surface area contributed by atoms with Crippen LogP contribution in [0.5, 0.6) is 0 Å². The van der Waals surface area contributed by atoms with Gasteiger partial charge in [-0.05, 0) is 29.8 Å². The molecule has 2 rings (SSSR count). The summed E-state index contributed by atoms with van der Waals surface area (Å²) >= 11 is 7.08. The molecule has 0 spiro atoms. The van der Waals surface area contributed by atoms with Crippen LogP contribution in [-0.4, -0.2) is 11.1 Å². The molecule has 1 N–H and O–H groups in total. The number of halogens is 3. The number of hydrogen-bond acceptors (Lipinski definition) is 2. The lowest BCUT2D eigenvalue weighted by atomic mass is 10.2. The Morgan fingerprint density at radius 2 is 1.95 bits per heavy atom. The first-order chi connectivity index (χ1) is 9.49. The maximum absolute atomic E-state index is 13.3. The molecular weight excluding hydrogens is 306 g/mol. The second-order valence-electron chi connectivity index (χ2n) is 3.95. The molecule has 104 valence electrons. The van der Waals surface area contributed by atoms with Gasteiger partial charge in [0.25, 0.3) is 0 Å². The van der Waals surface area contributed by atoms with Gasteiger partial charge in [-0.1, -0.05) is 23.7 Å². The van der Waals surface area contributed by atoms with Crippen molar-refractivity contribution in [3.8, 4) is 0 Å². The van der Waals surface area contributed by atoms with Crippen LogP contribution in [0.2, 0.25) is 5.02 Å². The highest BCUT2D eigenvalue weighted by Gasteiger charge is 2.12. The number of aromatic carboxylic acids is 1. The number of carboxylic acids is 1. The Labute approximate surface area is 123 Å². The Balaban J connectivity index is 2.17. The van der Waals surface area contributed by atoms with E-state index in [0.717, 1.165) is 6.07 Å². The normalized spacial score (nSPS) is 10.6. The molecule has 0 atom stereocenters. The predicted molar refractivity (Wildman–Crippen MR) is 74.3 cm³/mol. The van der Waals surface area contributed by atoms with Crippen LogP contribution in [0.15, 0.2) is 41.3 Å². The first kappa shape index (κ1) is 14.8. The molecule has 0 fully saturated rings. The smallest absolute Gasteiger partial charge is 0.338 e. The van der Waals surface area contributed by atoms with E-state index in [-0.39, 0.29) is 10.6 Å². The fraction of sp³-hybridized carbons (Fsp3) is 0.0714. The monoisotopic (exact) mass is 314 g/mol. The average Bonchev–Trinajstić information content (AvgIpc) is 2.41. The first-order valence-electron chi connectivity index (χ1n) is 5.57. The van der Waals surface area contributed by atoms with Gasteiger partial charge in [0.2, 0.25) is 0 Å². The number of benzene rings is 2. The summed E-state index contributed by atoms with van der Waals surface area (Å²) in [6.07, 6.45) is 0. The standard InChI is InChI=1S/C14H9ClF2O2S/c15-13-8(2-1-3-12(13)17)7-20-9-4-5-11(16)10(6-9)14(18)19/h1-6H,7H2,(H,18,19). The van der Waals surface area contributed by atoms with E-state index < -0.39 is 17.6 Å². The van der Waals surface area contributed by atoms with Crippen LogP contribution in [0.4, 0.5) is 8.78 Å². The quantitative estimate of drug-likeness (QED) is 0.837. The molecule has 0 amide bonds. The second kappa shape index (κ2) is 6.24. The van der Waals surface area contributed by atoms with E-state index >= 15 is 0 Å². The van der Waals surface area contributed by atoms with Crippen molar-refractivity contribution in [2.24, 2.45) is 0 Å². The third-order valence-corrected chi connectivity index (χ3v) is 4.06. The molecule has 0 heterocycles. The van der Waals surface area contributed by atoms with Crippen molar-refractivity contribution < 1.29 is 18.7 Å². The number of thioether (sulfide) groups is 1. The molecule has 20 heavy (non-hydrogen) atoms. The molecule has 0 aliphatic rings. The third-order valence-electron chi connectivity index (χ3n) is 2.59. The molecule has 0 bridgehead atoms. The van der Waals surface area contributed by atoms with Gasteiger partial charge in [0, 0.05) is 10.6 Å². The molecule has 0 saturated heterocycles. The van der Waals surface area contributed by atoms with E-state index in [2.05, 4.69) is 0 Å². The molecule has 6 heteroatoms. The van der Waals surface area contributed by atoms with Crippen molar-refractivity contribution in [1.29, 1.82) is 0 Å². The minimum atomic E-state index is -1.33. The van der Waals surface area contributed by atoms with Crippen LogP contribution >= 0.6 is 23.4 Å². The zero-order valence-electron chi connectivity index (χ0n) is 10.1. The number of carboxylic acid groups (broad SMARTS) is 1. The van der Waals surface area contributed by atoms with E-state index in [1.54, 1.807) is 12.1 Å². The molecule has 0 aromatic heterocycles. The van der Waals surface area contributed by atoms with Crippen molar-refractivity contribution in [3.05, 3.63) is 64.2 Å². The summed E-state index contributed by atoms with van der Waals surface area (Å²) in [7, 11) is 0. The summed E-state index contributed by atoms with van der Waals surface area (Å²) in [6.45, 7) is 0. The molecule has 2 aromatic rings. The van der Waals surface area contributed by atoms with Gasteiger partial charge < -0.3 is 5.11 Å². The summed E-state index contributed by atoms with van der Waals surface area (Å²) in [6, 6.07) is 8.30. The highest BCUT2D eigenvalue weighted by atomic mass is 35.5. The van der Waals surface area contributed by atoms with E-state index in [0.29, 0.717) is 16.2 Å². The van der Waals surface area contributed by atoms with E-state index in [4.69, 9.17) is 16.7 Å². The van der Waals surface area contributed by atoms with Gasteiger partial charge in [-0.15, -0.1) is 11.8 Å². The Morgan fingerprint density at radius 1 is 1.20 bits per heavy atom. The SMILES string of the molecule is O=C(O)c1cc(SCc2cccc(F)c2Cl)ccc1F. The van der Waals surface area contributed by atoms with Gasteiger partial charge >= 0.3 is 5.97 Å². The summed E-state index contributed by atoms with van der Waals surface area (Å²) in [4.78, 5) is 11.4. The Bertz CT molecular complexity index is 662. The molecular formula is C14H9ClF2O2S. The third kappa shape index (κ3) is 3.29. The molecule has 0 unspecified atom stereocenters. The molecule has 2 nitrogen and oxygen atoms in total. The fourth-order valence-corrected chi connectivity index (χ4v) is 2.78. The highest BCUT2D eigenvalue weighted by molar-refractivity contribution is 7.98. The molecule has 0 aliphatic heterocycles. The Morgan fingerprint density at radius 3 is 2.65 bits per heavy atom. The van der Waals surface area contributed by atoms with Gasteiger partial charge in [-0.2, -0.15) is 0 Å². The summed E-state index contributed by atoms with van der Waals surface area (Å²) < 4.78 is 26.5. The lowest BCUT2D eigenvalue weighted by molar-refractivity contribution is 0.0691. The average molecular weight is 315 g/mol. The molecule has 0 radical (unpaired) electrons. The highest BCUT2D eigenvalue weighted by Crippen LogP contribution is 2.29. The fourth-order valence-electron chi connectivity index (χ4n) is 1.58. The van der Waals surface area contributed by atoms with E-state index in [1.807, 2.05) is 0 Å². The van der Waals surface area contributed by atoms with Crippen LogP contribution in [-0.2, 0) is 5.75 Å². The lowest BCUT2D eigenvalue weighted by Crippen LogP contribution is -2.00. The van der Waals surface area contributed by atoms with E-state index in [9.17, 15) is 13.6 Å². The van der Waals surface area contributed by atoms with Crippen molar-refractivity contribution in [1.82, 2.24) is 0 Å². The van der Waals surface area contributed by atoms with Crippen molar-refractivity contribution in [3.63, 3.8) is 0 Å². The Hall–Kier alpha value is -1.59. The number of hydrogen-bond donors (Lipinski definition) is 1. The number of carbonyl (C=O) groups is 1. The number of rotatable bonds is 4. The van der Waals surface area contributed by atoms with Gasteiger partial charge in [-0.25, -0.2) is 13.6 Å². The minimum Gasteiger partial charge on any atom is -0.478 e. The first-order valence-corrected chi connectivity index (χ1v) is 6.94. The zero-order chi connectivity index (χ0) is 14.7. The van der Waals surface area contributed by atoms with Crippen LogP contribution in [0.25, 0.3) is 0 Å². The maximum Gasteiger partial charge on any atom is 0.338 e. The minimum absolute atomic E-state index is 0.0422. The summed E-state index contributed by atoms with van der Waals surface area (Å²) in [5, 5.41) is 8.88. The van der Waals surface area contributed by atoms with Gasteiger partial charge in [0.1, 0.15) is 11.6 Å². The summed E-state index contributed by atoms with van der Waals surface area (Å²) in [5.41, 5.74) is 0.207. The predicted octanol–water partition coefficient (Wildman–Crippen LogP) is 4.61. The lowest BCUT2D eigenvalue weighted by Gasteiger charge is -2.06. The molecule has 0 aliphatic carbocycles. The van der Waals surface area contributed by atoms with Crippen molar-refractivity contribution in [2.75, 3.05) is 0 Å². The molecule has 0 saturated carbocycles. The van der Waals surface area contributed by atoms with Gasteiger partial charge in [0.05, 0.1) is 10.6 Å². The second-order valence-corrected chi connectivity index (χ2v) is 5.38. The van der Waals surface area contributed by atoms with Crippen molar-refractivity contribution >= 4 is 29.3 Å². The van der Waals surface area contributed by atoms with Crippen LogP contribution < -0.4 is 0 Å². The van der Waals surface area contributed by atoms with Crippen LogP contribution in [0.3, 0.4) is 0 Å². The zero-order valence-corrected chi connectivity index (χ0v) is 11.6. The van der Waals surface area contributed by atoms with Crippen LogP contribution in [0.1, 0.15) is 15.9 Å². The van der Waals surface area contributed by atoms with Gasteiger partial charge in [-0.3, -0.25) is 0 Å². The maximum atomic E-state index is 13.3. The van der Waals surface area contributed by atoms with Crippen LogP contribution in [0, 0.1) is 11.6 Å². The molecule has 2 aromatic carbocycles. The summed E-state index contributed by atoms with van der Waals surface area (Å²) in [5.74, 6) is -2.25. The topological polar surface area (TPSA) is 37.3 Å². The van der Waals surface area contributed by atoms with Crippen molar-refractivity contribution in [2.45, 2.75) is 10.6 Å². The van der Waals surface area contributed by atoms with E-state index in [1.165, 1.54) is 30.0 Å². The van der Waals surface area contributed by atoms with Gasteiger partial charge in [0.15, 0.2) is 0 Å². The Kier molecular flexibility index (Phi) is 4.62. The largest absolute Gasteiger partial charge is 0.478 e.